The number of hydrogen-bond acceptors (Lipinski definition) is 3. The maximum absolute atomic E-state index is 8.79. The quantitative estimate of drug-likeness (QED) is 0.515. The average Bonchev–Trinajstić information content (AvgIpc) is 2.37. The number of hydrogen-bond donors (Lipinski definition) is 2. The van der Waals surface area contributed by atoms with Crippen molar-refractivity contribution in [2.75, 3.05) is 0 Å². The van der Waals surface area contributed by atoms with E-state index in [4.69, 9.17) is 10.4 Å². The Balaban J connectivity index is 2.80. The van der Waals surface area contributed by atoms with Crippen molar-refractivity contribution in [3.8, 4) is 6.07 Å². The van der Waals surface area contributed by atoms with Crippen LogP contribution in [0.25, 0.3) is 0 Å². The van der Waals surface area contributed by atoms with E-state index in [1.807, 2.05) is 0 Å². The molecule has 0 amide bonds. The molecule has 4 nitrogen and oxygen atoms in total. The summed E-state index contributed by atoms with van der Waals surface area (Å²) in [7, 11) is 0. The maximum atomic E-state index is 8.79. The first-order chi connectivity index (χ1) is 4.34. The van der Waals surface area contributed by atoms with Gasteiger partial charge in [-0.15, -0.1) is 0 Å². The number of imidazole rings is 1. The van der Waals surface area contributed by atoms with Crippen LogP contribution in [-0.4, -0.2) is 15.1 Å². The van der Waals surface area contributed by atoms with Gasteiger partial charge in [0.2, 0.25) is 0 Å². The fourth-order valence-electron chi connectivity index (χ4n) is 0.486. The summed E-state index contributed by atoms with van der Waals surface area (Å²) in [4.78, 5) is 6.23. The van der Waals surface area contributed by atoms with Gasteiger partial charge in [-0.2, -0.15) is 5.26 Å². The molecule has 4 heteroatoms. The third-order valence-corrected chi connectivity index (χ3v) is 0.936. The summed E-state index contributed by atoms with van der Waals surface area (Å²) in [5, 5.41) is 16.9. The number of nitriles is 1. The summed E-state index contributed by atoms with van der Waals surface area (Å²) < 4.78 is 0. The van der Waals surface area contributed by atoms with Gasteiger partial charge in [0.1, 0.15) is 6.07 Å². The predicted octanol–water partition coefficient (Wildman–Crippen LogP) is -0.0333. The van der Waals surface area contributed by atoms with Crippen molar-refractivity contribution in [3.63, 3.8) is 0 Å². The molecule has 2 N–H and O–H groups in total. The number of aromatic nitrogens is 2. The van der Waals surface area contributed by atoms with E-state index in [2.05, 4.69) is 9.97 Å². The van der Waals surface area contributed by atoms with Gasteiger partial charge in [-0.1, -0.05) is 0 Å². The van der Waals surface area contributed by atoms with Crippen LogP contribution < -0.4 is 0 Å². The zero-order valence-electron chi connectivity index (χ0n) is 4.57. The van der Waals surface area contributed by atoms with Crippen LogP contribution in [0, 0.1) is 11.3 Å². The Hall–Kier alpha value is -1.34. The van der Waals surface area contributed by atoms with Crippen molar-refractivity contribution in [2.45, 2.75) is 6.10 Å². The van der Waals surface area contributed by atoms with Crippen molar-refractivity contribution >= 4 is 0 Å². The van der Waals surface area contributed by atoms with E-state index < -0.39 is 6.10 Å². The molecule has 1 unspecified atom stereocenters. The fourth-order valence-corrected chi connectivity index (χ4v) is 0.486. The maximum Gasteiger partial charge on any atom is 0.182 e. The standard InChI is InChI=1S/C5H5N3O/c6-1-5(9)4-2-7-3-8-4/h2-3,5,9H,(H,7,8). The number of nitrogens with zero attached hydrogens (tertiary/aromatic N) is 2. The minimum Gasteiger partial charge on any atom is -0.373 e. The van der Waals surface area contributed by atoms with Crippen molar-refractivity contribution in [1.82, 2.24) is 9.97 Å². The van der Waals surface area contributed by atoms with E-state index in [1.54, 1.807) is 6.07 Å². The van der Waals surface area contributed by atoms with Gasteiger partial charge < -0.3 is 10.1 Å². The second-order valence-corrected chi connectivity index (χ2v) is 1.54. The molecule has 1 rings (SSSR count). The minimum absolute atomic E-state index is 0.428. The molecular weight excluding hydrogens is 118 g/mol. The van der Waals surface area contributed by atoms with E-state index >= 15 is 0 Å². The van der Waals surface area contributed by atoms with Crippen LogP contribution in [0.5, 0.6) is 0 Å². The predicted molar refractivity (Wildman–Crippen MR) is 29.2 cm³/mol. The highest BCUT2D eigenvalue weighted by Crippen LogP contribution is 2.04. The Kier molecular flexibility index (Phi) is 1.47. The Bertz CT molecular complexity index is 211. The normalized spacial score (nSPS) is 12.4. The largest absolute Gasteiger partial charge is 0.373 e. The van der Waals surface area contributed by atoms with Gasteiger partial charge in [0, 0.05) is 0 Å². The summed E-state index contributed by atoms with van der Waals surface area (Å²) in [5.41, 5.74) is 0.428. The average molecular weight is 123 g/mol. The molecule has 9 heavy (non-hydrogen) atoms. The lowest BCUT2D eigenvalue weighted by Gasteiger charge is -1.92. The number of rotatable bonds is 1. The first kappa shape index (κ1) is 5.79. The lowest BCUT2D eigenvalue weighted by Crippen LogP contribution is -1.91. The van der Waals surface area contributed by atoms with Gasteiger partial charge in [0.25, 0.3) is 0 Å². The van der Waals surface area contributed by atoms with Crippen LogP contribution in [0.2, 0.25) is 0 Å². The minimum atomic E-state index is -1.08. The molecule has 0 aliphatic rings. The van der Waals surface area contributed by atoms with Crippen LogP contribution in [0.1, 0.15) is 11.8 Å². The summed E-state index contributed by atoms with van der Waals surface area (Å²) >= 11 is 0. The molecule has 1 heterocycles. The Morgan fingerprint density at radius 2 is 2.67 bits per heavy atom. The second-order valence-electron chi connectivity index (χ2n) is 1.54. The summed E-state index contributed by atoms with van der Waals surface area (Å²) in [6, 6.07) is 1.65. The van der Waals surface area contributed by atoms with E-state index in [0.717, 1.165) is 0 Å². The van der Waals surface area contributed by atoms with Crippen LogP contribution >= 0.6 is 0 Å². The first-order valence-electron chi connectivity index (χ1n) is 2.40. The van der Waals surface area contributed by atoms with Gasteiger partial charge in [0.05, 0.1) is 18.2 Å². The number of aromatic amines is 1. The highest BCUT2D eigenvalue weighted by Gasteiger charge is 2.04. The Labute approximate surface area is 51.8 Å². The highest BCUT2D eigenvalue weighted by atomic mass is 16.3. The zero-order valence-corrected chi connectivity index (χ0v) is 4.57. The van der Waals surface area contributed by atoms with E-state index in [1.165, 1.54) is 12.5 Å². The molecule has 1 aromatic heterocycles. The van der Waals surface area contributed by atoms with E-state index in [-0.39, 0.29) is 0 Å². The zero-order chi connectivity index (χ0) is 6.69. The molecule has 0 aliphatic heterocycles. The summed E-state index contributed by atoms with van der Waals surface area (Å²) in [5.74, 6) is 0. The van der Waals surface area contributed by atoms with Gasteiger partial charge in [-0.3, -0.25) is 0 Å². The van der Waals surface area contributed by atoms with Crippen LogP contribution in [-0.2, 0) is 0 Å². The molecule has 0 aromatic carbocycles. The van der Waals surface area contributed by atoms with Gasteiger partial charge >= 0.3 is 0 Å². The van der Waals surface area contributed by atoms with Crippen LogP contribution in [0.4, 0.5) is 0 Å². The fraction of sp³-hybridized carbons (Fsp3) is 0.200. The number of nitrogens with one attached hydrogen (secondary N) is 1. The Morgan fingerprint density at radius 1 is 1.89 bits per heavy atom. The molecule has 0 radical (unpaired) electrons. The topological polar surface area (TPSA) is 72.7 Å². The number of aliphatic hydroxyl groups excluding tert-OH is 1. The molecule has 0 spiro atoms. The SMILES string of the molecule is N#CC(O)c1cnc[nH]1. The van der Waals surface area contributed by atoms with Crippen molar-refractivity contribution in [1.29, 1.82) is 5.26 Å². The van der Waals surface area contributed by atoms with Gasteiger partial charge in [0.15, 0.2) is 6.10 Å². The van der Waals surface area contributed by atoms with Gasteiger partial charge in [-0.05, 0) is 0 Å². The van der Waals surface area contributed by atoms with E-state index in [9.17, 15) is 0 Å². The molecule has 0 bridgehead atoms. The van der Waals surface area contributed by atoms with E-state index in [0.29, 0.717) is 5.69 Å². The van der Waals surface area contributed by atoms with Crippen molar-refractivity contribution < 1.29 is 5.11 Å². The molecule has 0 aliphatic carbocycles. The highest BCUT2D eigenvalue weighted by molar-refractivity contribution is 5.07. The summed E-state index contributed by atoms with van der Waals surface area (Å²) in [6.07, 6.45) is 1.75. The molecule has 0 fully saturated rings. The van der Waals surface area contributed by atoms with Crippen LogP contribution in [0.15, 0.2) is 12.5 Å². The second kappa shape index (κ2) is 2.29. The number of aliphatic hydroxyl groups is 1. The lowest BCUT2D eigenvalue weighted by atomic mass is 10.3. The Morgan fingerprint density at radius 3 is 3.11 bits per heavy atom. The third-order valence-electron chi connectivity index (χ3n) is 0.936. The number of H-pyrrole nitrogens is 1. The monoisotopic (exact) mass is 123 g/mol. The first-order valence-corrected chi connectivity index (χ1v) is 2.40. The molecule has 46 valence electrons. The van der Waals surface area contributed by atoms with Crippen molar-refractivity contribution in [3.05, 3.63) is 18.2 Å². The van der Waals surface area contributed by atoms with Gasteiger partial charge in [-0.25, -0.2) is 4.98 Å². The van der Waals surface area contributed by atoms with Crippen LogP contribution in [0.3, 0.4) is 0 Å². The third kappa shape index (κ3) is 1.06. The molecule has 0 saturated heterocycles. The summed E-state index contributed by atoms with van der Waals surface area (Å²) in [6.45, 7) is 0. The lowest BCUT2D eigenvalue weighted by molar-refractivity contribution is 0.231. The molecule has 0 saturated carbocycles. The molecular formula is C5H5N3O. The van der Waals surface area contributed by atoms with Crippen molar-refractivity contribution in [2.24, 2.45) is 0 Å². The smallest absolute Gasteiger partial charge is 0.182 e. The molecule has 1 aromatic rings. The molecule has 1 atom stereocenters.